The molecule has 0 unspecified atom stereocenters. The van der Waals surface area contributed by atoms with E-state index in [4.69, 9.17) is 5.26 Å². The fourth-order valence-electron chi connectivity index (χ4n) is 3.11. The number of imidazole rings is 1. The Balaban J connectivity index is 1.60. The van der Waals surface area contributed by atoms with Crippen LogP contribution < -0.4 is 5.56 Å². The molecule has 0 saturated carbocycles. The number of hydrogen-bond acceptors (Lipinski definition) is 7. The van der Waals surface area contributed by atoms with Crippen molar-refractivity contribution in [1.29, 1.82) is 5.26 Å². The summed E-state index contributed by atoms with van der Waals surface area (Å²) in [6, 6.07) is 16.6. The summed E-state index contributed by atoms with van der Waals surface area (Å²) in [5.41, 5.74) is 3.12. The minimum absolute atomic E-state index is 0.190. The molecule has 0 spiro atoms. The van der Waals surface area contributed by atoms with Crippen LogP contribution in [0.2, 0.25) is 0 Å². The van der Waals surface area contributed by atoms with Gasteiger partial charge in [0.25, 0.3) is 5.56 Å². The maximum absolute atomic E-state index is 13.2. The lowest BCUT2D eigenvalue weighted by molar-refractivity contribution is 0.809. The van der Waals surface area contributed by atoms with Crippen molar-refractivity contribution in [3.8, 4) is 11.8 Å². The number of benzene rings is 2. The Morgan fingerprint density at radius 1 is 1.03 bits per heavy atom. The standard InChI is InChI=1S/C21H13N7OS/c22-11-13-5-7-14(8-6-13)28-20(29)18-19(24-10-9-23-18)27-21(28)30-12-17-25-15-3-1-2-4-16(15)26-17/h1-10H,12H2,(H,25,26). The van der Waals surface area contributed by atoms with Gasteiger partial charge in [-0.15, -0.1) is 0 Å². The molecular weight excluding hydrogens is 398 g/mol. The quantitative estimate of drug-likeness (QED) is 0.357. The minimum atomic E-state index is -0.315. The van der Waals surface area contributed by atoms with Gasteiger partial charge in [-0.3, -0.25) is 9.36 Å². The van der Waals surface area contributed by atoms with Crippen LogP contribution in [-0.2, 0) is 5.75 Å². The minimum Gasteiger partial charge on any atom is -0.341 e. The fraction of sp³-hybridized carbons (Fsp3) is 0.0476. The molecule has 0 aliphatic carbocycles. The average Bonchev–Trinajstić information content (AvgIpc) is 3.21. The number of H-pyrrole nitrogens is 1. The second kappa shape index (κ2) is 7.42. The summed E-state index contributed by atoms with van der Waals surface area (Å²) in [4.78, 5) is 33.9. The average molecular weight is 411 g/mol. The fourth-order valence-corrected chi connectivity index (χ4v) is 3.98. The van der Waals surface area contributed by atoms with E-state index in [0.717, 1.165) is 16.9 Å². The zero-order valence-corrected chi connectivity index (χ0v) is 16.3. The van der Waals surface area contributed by atoms with Gasteiger partial charge in [0.05, 0.1) is 34.1 Å². The first kappa shape index (κ1) is 18.0. The number of thioether (sulfide) groups is 1. The van der Waals surface area contributed by atoms with Crippen LogP contribution in [0, 0.1) is 11.3 Å². The molecular formula is C21H13N7OS. The van der Waals surface area contributed by atoms with Crippen LogP contribution in [0.3, 0.4) is 0 Å². The normalized spacial score (nSPS) is 11.0. The van der Waals surface area contributed by atoms with Gasteiger partial charge in [0.15, 0.2) is 16.3 Å². The Morgan fingerprint density at radius 2 is 1.83 bits per heavy atom. The molecule has 0 fully saturated rings. The third kappa shape index (κ3) is 3.19. The van der Waals surface area contributed by atoms with Crippen molar-refractivity contribution < 1.29 is 0 Å². The van der Waals surface area contributed by atoms with Crippen molar-refractivity contribution in [3.05, 3.63) is 82.7 Å². The van der Waals surface area contributed by atoms with Gasteiger partial charge in [0, 0.05) is 12.4 Å². The van der Waals surface area contributed by atoms with E-state index in [9.17, 15) is 4.79 Å². The maximum Gasteiger partial charge on any atom is 0.286 e. The molecule has 9 heteroatoms. The first-order valence-corrected chi connectivity index (χ1v) is 10.0. The Labute approximate surface area is 174 Å². The highest BCUT2D eigenvalue weighted by Gasteiger charge is 2.16. The SMILES string of the molecule is N#Cc1ccc(-n2c(SCc3nc4ccccc4[nH]3)nc3nccnc3c2=O)cc1. The van der Waals surface area contributed by atoms with Gasteiger partial charge in [-0.25, -0.2) is 19.9 Å². The summed E-state index contributed by atoms with van der Waals surface area (Å²) in [5.74, 6) is 1.27. The smallest absolute Gasteiger partial charge is 0.286 e. The van der Waals surface area contributed by atoms with Crippen molar-refractivity contribution >= 4 is 34.0 Å². The highest BCUT2D eigenvalue weighted by Crippen LogP contribution is 2.24. The Morgan fingerprint density at radius 3 is 2.63 bits per heavy atom. The van der Waals surface area contributed by atoms with Gasteiger partial charge in [-0.05, 0) is 36.4 Å². The number of rotatable bonds is 4. The molecule has 5 aromatic rings. The highest BCUT2D eigenvalue weighted by molar-refractivity contribution is 7.98. The third-order valence-corrected chi connectivity index (χ3v) is 5.46. The number of nitrogens with zero attached hydrogens (tertiary/aromatic N) is 6. The summed E-state index contributed by atoms with van der Waals surface area (Å²) >= 11 is 1.37. The number of para-hydroxylation sites is 2. The topological polar surface area (TPSA) is 113 Å². The number of fused-ring (bicyclic) bond motifs is 2. The maximum atomic E-state index is 13.2. The van der Waals surface area contributed by atoms with Gasteiger partial charge in [-0.2, -0.15) is 5.26 Å². The van der Waals surface area contributed by atoms with Crippen LogP contribution in [0.1, 0.15) is 11.4 Å². The van der Waals surface area contributed by atoms with Crippen LogP contribution in [0.5, 0.6) is 0 Å². The summed E-state index contributed by atoms with van der Waals surface area (Å²) in [6.07, 6.45) is 2.98. The molecule has 0 amide bonds. The molecule has 0 bridgehead atoms. The van der Waals surface area contributed by atoms with E-state index in [2.05, 4.69) is 31.0 Å². The summed E-state index contributed by atoms with van der Waals surface area (Å²) < 4.78 is 1.49. The highest BCUT2D eigenvalue weighted by atomic mass is 32.2. The van der Waals surface area contributed by atoms with Crippen LogP contribution in [0.25, 0.3) is 27.9 Å². The number of nitrogens with one attached hydrogen (secondary N) is 1. The van der Waals surface area contributed by atoms with E-state index < -0.39 is 0 Å². The molecule has 1 N–H and O–H groups in total. The summed E-state index contributed by atoms with van der Waals surface area (Å²) in [5, 5.41) is 9.53. The van der Waals surface area contributed by atoms with Gasteiger partial charge < -0.3 is 4.98 Å². The lowest BCUT2D eigenvalue weighted by Crippen LogP contribution is -2.23. The molecule has 2 aromatic carbocycles. The lowest BCUT2D eigenvalue weighted by atomic mass is 10.2. The molecule has 30 heavy (non-hydrogen) atoms. The third-order valence-electron chi connectivity index (χ3n) is 4.51. The van der Waals surface area contributed by atoms with Gasteiger partial charge >= 0.3 is 0 Å². The predicted octanol–water partition coefficient (Wildman–Crippen LogP) is 3.22. The van der Waals surface area contributed by atoms with Crippen molar-refractivity contribution in [2.24, 2.45) is 0 Å². The largest absolute Gasteiger partial charge is 0.341 e. The van der Waals surface area contributed by atoms with Crippen LogP contribution >= 0.6 is 11.8 Å². The molecule has 0 aliphatic heterocycles. The van der Waals surface area contributed by atoms with E-state index >= 15 is 0 Å². The molecule has 0 atom stereocenters. The van der Waals surface area contributed by atoms with Gasteiger partial charge in [-0.1, -0.05) is 23.9 Å². The Kier molecular flexibility index (Phi) is 4.46. The van der Waals surface area contributed by atoms with Crippen molar-refractivity contribution in [2.75, 3.05) is 0 Å². The number of hydrogen-bond donors (Lipinski definition) is 1. The summed E-state index contributed by atoms with van der Waals surface area (Å²) in [7, 11) is 0. The van der Waals surface area contributed by atoms with Crippen LogP contribution in [0.4, 0.5) is 0 Å². The molecule has 144 valence electrons. The second-order valence-corrected chi connectivity index (χ2v) is 7.35. The van der Waals surface area contributed by atoms with Crippen LogP contribution in [-0.4, -0.2) is 29.5 Å². The molecule has 0 aliphatic rings. The summed E-state index contributed by atoms with van der Waals surface area (Å²) in [6.45, 7) is 0. The predicted molar refractivity (Wildman–Crippen MR) is 113 cm³/mol. The van der Waals surface area contributed by atoms with E-state index in [-0.39, 0.29) is 11.1 Å². The first-order chi connectivity index (χ1) is 14.7. The monoisotopic (exact) mass is 411 g/mol. The van der Waals surface area contributed by atoms with Gasteiger partial charge in [0.2, 0.25) is 0 Å². The molecule has 3 heterocycles. The zero-order chi connectivity index (χ0) is 20.5. The zero-order valence-electron chi connectivity index (χ0n) is 15.5. The molecule has 8 nitrogen and oxygen atoms in total. The van der Waals surface area contributed by atoms with Crippen molar-refractivity contribution in [3.63, 3.8) is 0 Å². The number of nitriles is 1. The Hall–Kier alpha value is -4.03. The van der Waals surface area contributed by atoms with E-state index in [1.165, 1.54) is 28.7 Å². The number of aromatic nitrogens is 6. The van der Waals surface area contributed by atoms with Crippen LogP contribution in [0.15, 0.2) is 70.9 Å². The second-order valence-electron chi connectivity index (χ2n) is 6.41. The van der Waals surface area contributed by atoms with E-state index in [1.54, 1.807) is 24.3 Å². The molecule has 0 radical (unpaired) electrons. The lowest BCUT2D eigenvalue weighted by Gasteiger charge is -2.12. The molecule has 5 rings (SSSR count). The molecule has 3 aromatic heterocycles. The van der Waals surface area contributed by atoms with Crippen molar-refractivity contribution in [2.45, 2.75) is 10.9 Å². The van der Waals surface area contributed by atoms with Crippen molar-refractivity contribution in [1.82, 2.24) is 29.5 Å². The van der Waals surface area contributed by atoms with Gasteiger partial charge in [0.1, 0.15) is 5.82 Å². The van der Waals surface area contributed by atoms with E-state index in [0.29, 0.717) is 27.8 Å². The Bertz CT molecular complexity index is 1450. The molecule has 0 saturated heterocycles. The number of aromatic amines is 1. The first-order valence-electron chi connectivity index (χ1n) is 9.03. The van der Waals surface area contributed by atoms with E-state index in [1.807, 2.05) is 24.3 Å².